The van der Waals surface area contributed by atoms with Crippen LogP contribution in [0, 0.1) is 0 Å². The predicted molar refractivity (Wildman–Crippen MR) is 121 cm³/mol. The number of nitrogens with zero attached hydrogens (tertiary/aromatic N) is 4. The average Bonchev–Trinajstić information content (AvgIpc) is 3.10. The van der Waals surface area contributed by atoms with Gasteiger partial charge in [0.1, 0.15) is 5.60 Å². The SMILES string of the molecule is CN(CCNc1ccc2nn(CCO)c3c2c1C(=O)c1ccncc1-3)C(=O)OC(C)(C)C. The van der Waals surface area contributed by atoms with Crippen LogP contribution in [0.3, 0.4) is 0 Å². The topological polar surface area (TPSA) is 110 Å². The first kappa shape index (κ1) is 21.8. The monoisotopic (exact) mass is 437 g/mol. The van der Waals surface area contributed by atoms with Crippen LogP contribution in [0.4, 0.5) is 10.5 Å². The van der Waals surface area contributed by atoms with E-state index in [1.165, 1.54) is 4.90 Å². The van der Waals surface area contributed by atoms with Gasteiger partial charge in [0.2, 0.25) is 0 Å². The number of ether oxygens (including phenoxy) is 1. The highest BCUT2D eigenvalue weighted by molar-refractivity contribution is 6.27. The Balaban J connectivity index is 1.65. The zero-order valence-corrected chi connectivity index (χ0v) is 18.7. The number of aromatic nitrogens is 3. The second-order valence-corrected chi connectivity index (χ2v) is 8.76. The molecule has 1 amide bonds. The summed E-state index contributed by atoms with van der Waals surface area (Å²) in [6.45, 7) is 6.55. The van der Waals surface area contributed by atoms with Crippen molar-refractivity contribution in [3.8, 4) is 11.3 Å². The minimum Gasteiger partial charge on any atom is -0.444 e. The fourth-order valence-electron chi connectivity index (χ4n) is 3.84. The van der Waals surface area contributed by atoms with Gasteiger partial charge in [0.05, 0.1) is 29.9 Å². The molecule has 0 bridgehead atoms. The van der Waals surface area contributed by atoms with E-state index >= 15 is 0 Å². The molecule has 0 atom stereocenters. The standard InChI is InChI=1S/C23H27N5O4/c1-23(2,3)32-22(31)27(4)10-9-25-16-5-6-17-18-19(16)21(30)14-7-8-24-13-15(14)20(18)28(26-17)11-12-29/h5-8,13,25,29H,9-12H2,1-4H3. The second kappa shape index (κ2) is 8.23. The Morgan fingerprint density at radius 2 is 2.03 bits per heavy atom. The number of benzene rings is 1. The number of aliphatic hydroxyl groups excluding tert-OH is 1. The van der Waals surface area contributed by atoms with Gasteiger partial charge in [0, 0.05) is 54.7 Å². The molecule has 2 aromatic heterocycles. The van der Waals surface area contributed by atoms with Crippen LogP contribution in [0.15, 0.2) is 30.6 Å². The van der Waals surface area contributed by atoms with Crippen molar-refractivity contribution in [2.75, 3.05) is 32.1 Å². The van der Waals surface area contributed by atoms with Crippen LogP contribution in [0.25, 0.3) is 22.2 Å². The molecule has 3 aromatic rings. The summed E-state index contributed by atoms with van der Waals surface area (Å²) in [4.78, 5) is 31.3. The molecule has 1 aliphatic rings. The number of ketones is 1. The van der Waals surface area contributed by atoms with Gasteiger partial charge in [-0.15, -0.1) is 0 Å². The summed E-state index contributed by atoms with van der Waals surface area (Å²) in [5.74, 6) is -0.105. The maximum atomic E-state index is 13.4. The number of pyridine rings is 1. The van der Waals surface area contributed by atoms with E-state index < -0.39 is 11.7 Å². The van der Waals surface area contributed by atoms with Crippen molar-refractivity contribution in [3.05, 3.63) is 41.7 Å². The van der Waals surface area contributed by atoms with E-state index in [2.05, 4.69) is 15.4 Å². The molecule has 0 saturated heterocycles. The Morgan fingerprint density at radius 3 is 2.75 bits per heavy atom. The Kier molecular flexibility index (Phi) is 5.60. The highest BCUT2D eigenvalue weighted by Gasteiger charge is 2.31. The number of carbonyl (C=O) groups excluding carboxylic acids is 2. The van der Waals surface area contributed by atoms with E-state index in [4.69, 9.17) is 4.74 Å². The Hall–Kier alpha value is -3.46. The fourth-order valence-corrected chi connectivity index (χ4v) is 3.84. The maximum Gasteiger partial charge on any atom is 0.410 e. The molecule has 1 aromatic carbocycles. The highest BCUT2D eigenvalue weighted by Crippen LogP contribution is 2.41. The second-order valence-electron chi connectivity index (χ2n) is 8.76. The largest absolute Gasteiger partial charge is 0.444 e. The number of likely N-dealkylation sites (N-methyl/N-ethyl adjacent to an activating group) is 1. The Morgan fingerprint density at radius 1 is 1.25 bits per heavy atom. The number of amides is 1. The van der Waals surface area contributed by atoms with Crippen molar-refractivity contribution in [3.63, 3.8) is 0 Å². The third-order valence-electron chi connectivity index (χ3n) is 5.23. The highest BCUT2D eigenvalue weighted by atomic mass is 16.6. The lowest BCUT2D eigenvalue weighted by Crippen LogP contribution is -2.36. The first-order valence-corrected chi connectivity index (χ1v) is 10.5. The molecule has 0 spiro atoms. The van der Waals surface area contributed by atoms with Gasteiger partial charge in [-0.05, 0) is 39.0 Å². The molecule has 4 rings (SSSR count). The molecule has 9 nitrogen and oxygen atoms in total. The summed E-state index contributed by atoms with van der Waals surface area (Å²) in [5, 5.41) is 18.1. The molecule has 32 heavy (non-hydrogen) atoms. The Labute approximate surface area is 186 Å². The van der Waals surface area contributed by atoms with Crippen molar-refractivity contribution >= 4 is 28.5 Å². The van der Waals surface area contributed by atoms with E-state index in [0.717, 1.165) is 11.1 Å². The molecule has 0 saturated carbocycles. The molecular formula is C23H27N5O4. The zero-order chi connectivity index (χ0) is 23.0. The van der Waals surface area contributed by atoms with Gasteiger partial charge in [0.15, 0.2) is 5.78 Å². The third kappa shape index (κ3) is 3.91. The van der Waals surface area contributed by atoms with E-state index in [1.807, 2.05) is 32.9 Å². The van der Waals surface area contributed by atoms with Crippen molar-refractivity contribution in [1.29, 1.82) is 0 Å². The minimum absolute atomic E-state index is 0.0675. The van der Waals surface area contributed by atoms with Crippen LogP contribution >= 0.6 is 0 Å². The summed E-state index contributed by atoms with van der Waals surface area (Å²) < 4.78 is 7.10. The van der Waals surface area contributed by atoms with Crippen LogP contribution in [-0.4, -0.2) is 69.0 Å². The lowest BCUT2D eigenvalue weighted by atomic mass is 9.87. The summed E-state index contributed by atoms with van der Waals surface area (Å²) in [6, 6.07) is 5.38. The van der Waals surface area contributed by atoms with E-state index in [9.17, 15) is 14.7 Å². The predicted octanol–water partition coefficient (Wildman–Crippen LogP) is 2.91. The molecule has 0 fully saturated rings. The van der Waals surface area contributed by atoms with Gasteiger partial charge < -0.3 is 20.1 Å². The number of hydrogen-bond donors (Lipinski definition) is 2. The van der Waals surface area contributed by atoms with Crippen LogP contribution in [0.2, 0.25) is 0 Å². The maximum absolute atomic E-state index is 13.4. The van der Waals surface area contributed by atoms with Crippen molar-refractivity contribution in [1.82, 2.24) is 19.7 Å². The number of fused-ring (bicyclic) bond motifs is 2. The number of hydrogen-bond acceptors (Lipinski definition) is 7. The van der Waals surface area contributed by atoms with Gasteiger partial charge in [-0.2, -0.15) is 5.10 Å². The molecule has 1 aliphatic carbocycles. The molecule has 0 unspecified atom stereocenters. The first-order chi connectivity index (χ1) is 15.2. The number of aliphatic hydroxyl groups is 1. The van der Waals surface area contributed by atoms with Crippen LogP contribution in [0.5, 0.6) is 0 Å². The van der Waals surface area contributed by atoms with Crippen LogP contribution < -0.4 is 5.32 Å². The summed E-state index contributed by atoms with van der Waals surface area (Å²) in [5.41, 5.74) is 3.38. The smallest absolute Gasteiger partial charge is 0.410 e. The lowest BCUT2D eigenvalue weighted by molar-refractivity contribution is 0.0305. The van der Waals surface area contributed by atoms with Gasteiger partial charge >= 0.3 is 6.09 Å². The molecule has 0 radical (unpaired) electrons. The van der Waals surface area contributed by atoms with Crippen molar-refractivity contribution < 1.29 is 19.4 Å². The quantitative estimate of drug-likeness (QED) is 0.477. The van der Waals surface area contributed by atoms with E-state index in [1.54, 1.807) is 30.2 Å². The molecular weight excluding hydrogens is 410 g/mol. The third-order valence-corrected chi connectivity index (χ3v) is 5.23. The van der Waals surface area contributed by atoms with Gasteiger partial charge in [0.25, 0.3) is 0 Å². The number of anilines is 1. The Bertz CT molecular complexity index is 1200. The molecule has 9 heteroatoms. The molecule has 2 heterocycles. The molecule has 2 N–H and O–H groups in total. The van der Waals surface area contributed by atoms with Gasteiger partial charge in [-0.25, -0.2) is 4.79 Å². The van der Waals surface area contributed by atoms with Gasteiger partial charge in [-0.3, -0.25) is 14.5 Å². The number of rotatable bonds is 6. The number of carbonyl (C=O) groups is 2. The van der Waals surface area contributed by atoms with Crippen LogP contribution in [-0.2, 0) is 11.3 Å². The van der Waals surface area contributed by atoms with E-state index in [-0.39, 0.29) is 12.4 Å². The summed E-state index contributed by atoms with van der Waals surface area (Å²) in [6.07, 6.45) is 2.86. The van der Waals surface area contributed by atoms with E-state index in [0.29, 0.717) is 47.5 Å². The van der Waals surface area contributed by atoms with Crippen LogP contribution in [0.1, 0.15) is 36.7 Å². The fraction of sp³-hybridized carbons (Fsp3) is 0.391. The van der Waals surface area contributed by atoms with Crippen molar-refractivity contribution in [2.45, 2.75) is 32.9 Å². The normalized spacial score (nSPS) is 12.6. The lowest BCUT2D eigenvalue weighted by Gasteiger charge is -2.25. The zero-order valence-electron chi connectivity index (χ0n) is 18.7. The van der Waals surface area contributed by atoms with Gasteiger partial charge in [-0.1, -0.05) is 0 Å². The van der Waals surface area contributed by atoms with Crippen molar-refractivity contribution in [2.24, 2.45) is 0 Å². The number of nitrogens with one attached hydrogen (secondary N) is 1. The minimum atomic E-state index is -0.562. The average molecular weight is 438 g/mol. The molecule has 168 valence electrons. The summed E-state index contributed by atoms with van der Waals surface area (Å²) >= 11 is 0. The molecule has 0 aliphatic heterocycles. The first-order valence-electron chi connectivity index (χ1n) is 10.5. The summed E-state index contributed by atoms with van der Waals surface area (Å²) in [7, 11) is 1.68.